The highest BCUT2D eigenvalue weighted by atomic mass is 16.5. The average Bonchev–Trinajstić information content (AvgIpc) is 2.93. The van der Waals surface area contributed by atoms with Gasteiger partial charge in [0.25, 0.3) is 0 Å². The van der Waals surface area contributed by atoms with Gasteiger partial charge in [-0.15, -0.1) is 0 Å². The molecule has 6 nitrogen and oxygen atoms in total. The zero-order chi connectivity index (χ0) is 11.8. The van der Waals surface area contributed by atoms with Gasteiger partial charge >= 0.3 is 6.03 Å². The topological polar surface area (TPSA) is 67.6 Å². The Morgan fingerprint density at radius 2 is 2.59 bits per heavy atom. The average molecular weight is 235 g/mol. The number of rotatable bonds is 3. The molecule has 0 aromatic carbocycles. The molecule has 2 aliphatic heterocycles. The number of ether oxygens (including phenoxy) is 1. The summed E-state index contributed by atoms with van der Waals surface area (Å²) in [7, 11) is 1.63. The van der Waals surface area contributed by atoms with Crippen molar-refractivity contribution in [2.75, 3.05) is 20.3 Å². The van der Waals surface area contributed by atoms with Crippen molar-refractivity contribution in [1.82, 2.24) is 15.2 Å². The van der Waals surface area contributed by atoms with Crippen molar-refractivity contribution in [3.05, 3.63) is 24.4 Å². The largest absolute Gasteiger partial charge is 0.444 e. The van der Waals surface area contributed by atoms with Gasteiger partial charge in [0.15, 0.2) is 12.2 Å². The van der Waals surface area contributed by atoms with E-state index in [1.165, 1.54) is 6.39 Å². The van der Waals surface area contributed by atoms with Gasteiger partial charge < -0.3 is 19.4 Å². The Bertz CT molecular complexity index is 455. The lowest BCUT2D eigenvalue weighted by Gasteiger charge is -2.28. The minimum atomic E-state index is -0.0529. The van der Waals surface area contributed by atoms with Crippen LogP contribution in [0.15, 0.2) is 23.1 Å². The molecule has 1 aromatic heterocycles. The number of aromatic nitrogens is 1. The Balaban J connectivity index is 1.95. The molecule has 2 unspecified atom stereocenters. The summed E-state index contributed by atoms with van der Waals surface area (Å²) in [6.45, 7) is 1.14. The first-order valence-electron chi connectivity index (χ1n) is 5.46. The smallest absolute Gasteiger partial charge is 0.318 e. The minimum absolute atomic E-state index is 0.0106. The van der Waals surface area contributed by atoms with Crippen LogP contribution in [0.4, 0.5) is 4.79 Å². The monoisotopic (exact) mass is 235 g/mol. The van der Waals surface area contributed by atoms with E-state index in [1.54, 1.807) is 18.2 Å². The molecular formula is C11H13N3O3. The SMILES string of the molecule is COCC1C=C(c2cnco2)C2CN1C(=O)N2. The van der Waals surface area contributed by atoms with Crippen molar-refractivity contribution in [2.45, 2.75) is 12.1 Å². The van der Waals surface area contributed by atoms with Crippen molar-refractivity contribution in [3.63, 3.8) is 0 Å². The number of methoxy groups -OCH3 is 1. The molecule has 0 aliphatic carbocycles. The maximum atomic E-state index is 11.7. The first-order valence-corrected chi connectivity index (χ1v) is 5.46. The predicted octanol–water partition coefficient (Wildman–Crippen LogP) is 0.480. The van der Waals surface area contributed by atoms with E-state index in [1.807, 2.05) is 6.08 Å². The second-order valence-corrected chi connectivity index (χ2v) is 4.16. The molecule has 1 fully saturated rings. The van der Waals surface area contributed by atoms with Crippen molar-refractivity contribution >= 4 is 11.6 Å². The fourth-order valence-corrected chi connectivity index (χ4v) is 2.35. The summed E-state index contributed by atoms with van der Waals surface area (Å²) in [5.41, 5.74) is 0.978. The van der Waals surface area contributed by atoms with Crippen LogP contribution in [0.5, 0.6) is 0 Å². The van der Waals surface area contributed by atoms with E-state index in [-0.39, 0.29) is 18.1 Å². The molecule has 0 radical (unpaired) electrons. The molecule has 2 amide bonds. The third kappa shape index (κ3) is 1.61. The lowest BCUT2D eigenvalue weighted by molar-refractivity contribution is 0.133. The summed E-state index contributed by atoms with van der Waals surface area (Å²) in [4.78, 5) is 17.4. The minimum Gasteiger partial charge on any atom is -0.444 e. The summed E-state index contributed by atoms with van der Waals surface area (Å²) < 4.78 is 10.4. The fraction of sp³-hybridized carbons (Fsp3) is 0.455. The standard InChI is InChI=1S/C11H13N3O3/c1-16-5-7-2-8(10-3-12-6-17-10)9-4-14(7)11(15)13-9/h2-3,6-7,9H,4-5H2,1H3,(H,13,15). The molecule has 1 N–H and O–H groups in total. The molecule has 3 rings (SSSR count). The molecule has 1 aromatic rings. The Hall–Kier alpha value is -1.82. The Morgan fingerprint density at radius 1 is 1.71 bits per heavy atom. The molecule has 0 saturated carbocycles. The molecule has 1 saturated heterocycles. The Morgan fingerprint density at radius 3 is 3.29 bits per heavy atom. The van der Waals surface area contributed by atoms with Crippen molar-refractivity contribution in [1.29, 1.82) is 0 Å². The summed E-state index contributed by atoms with van der Waals surface area (Å²) in [6.07, 6.45) is 5.07. The Labute approximate surface area is 98.2 Å². The molecular weight excluding hydrogens is 222 g/mol. The third-order valence-corrected chi connectivity index (χ3v) is 3.14. The third-order valence-electron chi connectivity index (χ3n) is 3.14. The second-order valence-electron chi connectivity index (χ2n) is 4.16. The van der Waals surface area contributed by atoms with E-state index in [4.69, 9.17) is 9.15 Å². The molecule has 17 heavy (non-hydrogen) atoms. The van der Waals surface area contributed by atoms with Crippen LogP contribution in [0.2, 0.25) is 0 Å². The van der Waals surface area contributed by atoms with Gasteiger partial charge in [0, 0.05) is 19.2 Å². The molecule has 2 atom stereocenters. The number of nitrogens with one attached hydrogen (secondary N) is 1. The summed E-state index contributed by atoms with van der Waals surface area (Å²) in [5, 5.41) is 2.92. The van der Waals surface area contributed by atoms with Gasteiger partial charge in [-0.2, -0.15) is 0 Å². The number of hydrogen-bond acceptors (Lipinski definition) is 4. The van der Waals surface area contributed by atoms with E-state index < -0.39 is 0 Å². The highest BCUT2D eigenvalue weighted by molar-refractivity contribution is 5.85. The molecule has 0 spiro atoms. The summed E-state index contributed by atoms with van der Waals surface area (Å²) in [5.74, 6) is 0.706. The van der Waals surface area contributed by atoms with Crippen LogP contribution in [0, 0.1) is 0 Å². The van der Waals surface area contributed by atoms with Gasteiger partial charge in [0.05, 0.1) is 24.9 Å². The lowest BCUT2D eigenvalue weighted by atomic mass is 9.98. The van der Waals surface area contributed by atoms with Crippen LogP contribution in [0.3, 0.4) is 0 Å². The second kappa shape index (κ2) is 3.89. The number of hydrogen-bond donors (Lipinski definition) is 1. The van der Waals surface area contributed by atoms with Crippen molar-refractivity contribution < 1.29 is 13.9 Å². The maximum Gasteiger partial charge on any atom is 0.318 e. The van der Waals surface area contributed by atoms with Gasteiger partial charge in [0.2, 0.25) is 0 Å². The molecule has 2 aliphatic rings. The fourth-order valence-electron chi connectivity index (χ4n) is 2.35. The zero-order valence-electron chi connectivity index (χ0n) is 9.42. The van der Waals surface area contributed by atoms with Gasteiger partial charge in [-0.3, -0.25) is 0 Å². The highest BCUT2D eigenvalue weighted by Crippen LogP contribution is 2.29. The number of fused-ring (bicyclic) bond motifs is 2. The van der Waals surface area contributed by atoms with Gasteiger partial charge in [0.1, 0.15) is 0 Å². The molecule has 6 heteroatoms. The number of nitrogens with zero attached hydrogens (tertiary/aromatic N) is 2. The molecule has 90 valence electrons. The van der Waals surface area contributed by atoms with Crippen LogP contribution in [-0.2, 0) is 4.74 Å². The number of carbonyl (C=O) groups excluding carboxylic acids is 1. The quantitative estimate of drug-likeness (QED) is 0.827. The van der Waals surface area contributed by atoms with Gasteiger partial charge in [-0.1, -0.05) is 6.08 Å². The van der Waals surface area contributed by atoms with E-state index >= 15 is 0 Å². The molecule has 2 bridgehead atoms. The van der Waals surface area contributed by atoms with Crippen molar-refractivity contribution in [3.8, 4) is 0 Å². The van der Waals surface area contributed by atoms with Crippen LogP contribution < -0.4 is 5.32 Å². The highest BCUT2D eigenvalue weighted by Gasteiger charge is 2.40. The van der Waals surface area contributed by atoms with Gasteiger partial charge in [-0.05, 0) is 0 Å². The molecule has 3 heterocycles. The van der Waals surface area contributed by atoms with E-state index in [0.717, 1.165) is 5.57 Å². The first kappa shape index (κ1) is 10.3. The lowest BCUT2D eigenvalue weighted by Crippen LogP contribution is -2.41. The summed E-state index contributed by atoms with van der Waals surface area (Å²) >= 11 is 0. The van der Waals surface area contributed by atoms with E-state index in [0.29, 0.717) is 18.9 Å². The predicted molar refractivity (Wildman–Crippen MR) is 59.2 cm³/mol. The van der Waals surface area contributed by atoms with Crippen LogP contribution in [-0.4, -0.2) is 48.3 Å². The van der Waals surface area contributed by atoms with E-state index in [9.17, 15) is 4.79 Å². The van der Waals surface area contributed by atoms with Crippen LogP contribution >= 0.6 is 0 Å². The van der Waals surface area contributed by atoms with Crippen LogP contribution in [0.25, 0.3) is 5.57 Å². The maximum absolute atomic E-state index is 11.7. The van der Waals surface area contributed by atoms with E-state index in [2.05, 4.69) is 10.3 Å². The Kier molecular flexibility index (Phi) is 2.36. The summed E-state index contributed by atoms with van der Waals surface area (Å²) in [6, 6.07) is -0.106. The number of oxazole rings is 1. The normalized spacial score (nSPS) is 27.0. The van der Waals surface area contributed by atoms with Crippen molar-refractivity contribution in [2.24, 2.45) is 0 Å². The number of urea groups is 1. The first-order chi connectivity index (χ1) is 8.29. The van der Waals surface area contributed by atoms with Gasteiger partial charge in [-0.25, -0.2) is 9.78 Å². The van der Waals surface area contributed by atoms with Crippen LogP contribution in [0.1, 0.15) is 5.76 Å². The number of amides is 2. The number of carbonyl (C=O) groups is 1. The zero-order valence-corrected chi connectivity index (χ0v) is 9.42.